The van der Waals surface area contributed by atoms with Gasteiger partial charge in [0.15, 0.2) is 0 Å². The molecule has 5 heteroatoms. The third kappa shape index (κ3) is 4.04. The predicted molar refractivity (Wildman–Crippen MR) is 96.0 cm³/mol. The summed E-state index contributed by atoms with van der Waals surface area (Å²) in [6.45, 7) is 3.55. The van der Waals surface area contributed by atoms with Crippen molar-refractivity contribution in [2.24, 2.45) is 0 Å². The van der Waals surface area contributed by atoms with Gasteiger partial charge in [-0.1, -0.05) is 42.5 Å². The Morgan fingerprint density at radius 2 is 1.54 bits per heavy atom. The summed E-state index contributed by atoms with van der Waals surface area (Å²) in [5.74, 6) is 0. The van der Waals surface area contributed by atoms with Crippen molar-refractivity contribution < 1.29 is 8.42 Å². The van der Waals surface area contributed by atoms with Gasteiger partial charge < -0.3 is 0 Å². The van der Waals surface area contributed by atoms with Gasteiger partial charge in [0.2, 0.25) is 10.0 Å². The van der Waals surface area contributed by atoms with Crippen LogP contribution in [0, 0.1) is 0 Å². The van der Waals surface area contributed by atoms with Gasteiger partial charge >= 0.3 is 0 Å². The molecule has 0 unspecified atom stereocenters. The largest absolute Gasteiger partial charge is 0.299 e. The van der Waals surface area contributed by atoms with Crippen molar-refractivity contribution in [2.45, 2.75) is 30.8 Å². The van der Waals surface area contributed by atoms with Gasteiger partial charge in [-0.3, -0.25) is 4.90 Å². The Bertz CT molecular complexity index is 752. The highest BCUT2D eigenvalue weighted by Crippen LogP contribution is 2.19. The number of sulfonamides is 1. The summed E-state index contributed by atoms with van der Waals surface area (Å²) in [5, 5.41) is 0. The van der Waals surface area contributed by atoms with Gasteiger partial charge in [-0.15, -0.1) is 0 Å². The van der Waals surface area contributed by atoms with Crippen molar-refractivity contribution in [1.29, 1.82) is 0 Å². The lowest BCUT2D eigenvalue weighted by Gasteiger charge is -2.18. The minimum Gasteiger partial charge on any atom is -0.299 e. The van der Waals surface area contributed by atoms with Crippen LogP contribution in [-0.4, -0.2) is 37.8 Å². The van der Waals surface area contributed by atoms with E-state index >= 15 is 0 Å². The Labute approximate surface area is 144 Å². The molecule has 0 bridgehead atoms. The summed E-state index contributed by atoms with van der Waals surface area (Å²) in [5.41, 5.74) is 2.15. The summed E-state index contributed by atoms with van der Waals surface area (Å²) >= 11 is 0. The Balaban J connectivity index is 1.69. The van der Waals surface area contributed by atoms with Crippen molar-refractivity contribution in [2.75, 3.05) is 20.1 Å². The molecule has 0 radical (unpaired) electrons. The molecule has 0 amide bonds. The zero-order valence-electron chi connectivity index (χ0n) is 14.1. The van der Waals surface area contributed by atoms with Crippen molar-refractivity contribution in [3.05, 3.63) is 65.7 Å². The van der Waals surface area contributed by atoms with Crippen molar-refractivity contribution in [3.8, 4) is 0 Å². The van der Waals surface area contributed by atoms with E-state index in [0.29, 0.717) is 11.4 Å². The number of rotatable bonds is 6. The smallest absolute Gasteiger partial charge is 0.243 e. The molecule has 0 aliphatic carbocycles. The second-order valence-corrected chi connectivity index (χ2v) is 8.42. The number of hydrogen-bond donors (Lipinski definition) is 0. The quantitative estimate of drug-likeness (QED) is 0.808. The summed E-state index contributed by atoms with van der Waals surface area (Å²) in [6.07, 6.45) is 2.52. The van der Waals surface area contributed by atoms with Crippen LogP contribution < -0.4 is 0 Å². The maximum Gasteiger partial charge on any atom is 0.243 e. The number of likely N-dealkylation sites (tertiary alicyclic amines) is 1. The highest BCUT2D eigenvalue weighted by molar-refractivity contribution is 7.89. The molecule has 0 N–H and O–H groups in total. The zero-order valence-corrected chi connectivity index (χ0v) is 14.9. The lowest BCUT2D eigenvalue weighted by atomic mass is 10.2. The van der Waals surface area contributed by atoms with Crippen LogP contribution >= 0.6 is 0 Å². The molecule has 128 valence electrons. The van der Waals surface area contributed by atoms with Gasteiger partial charge in [-0.05, 0) is 49.2 Å². The third-order valence-corrected chi connectivity index (χ3v) is 6.30. The van der Waals surface area contributed by atoms with Gasteiger partial charge in [0.25, 0.3) is 0 Å². The van der Waals surface area contributed by atoms with Gasteiger partial charge in [-0.25, -0.2) is 8.42 Å². The molecule has 0 atom stereocenters. The second kappa shape index (κ2) is 7.47. The van der Waals surface area contributed by atoms with Crippen molar-refractivity contribution in [3.63, 3.8) is 0 Å². The van der Waals surface area contributed by atoms with Gasteiger partial charge in [0, 0.05) is 20.1 Å². The molecule has 24 heavy (non-hydrogen) atoms. The monoisotopic (exact) mass is 344 g/mol. The maximum absolute atomic E-state index is 12.7. The second-order valence-electron chi connectivity index (χ2n) is 6.37. The molecule has 0 saturated carbocycles. The van der Waals surface area contributed by atoms with Crippen LogP contribution in [-0.2, 0) is 23.1 Å². The van der Waals surface area contributed by atoms with Crippen LogP contribution in [0.3, 0.4) is 0 Å². The Hall–Kier alpha value is -1.69. The fourth-order valence-corrected chi connectivity index (χ4v) is 4.23. The van der Waals surface area contributed by atoms with Gasteiger partial charge in [0.05, 0.1) is 4.90 Å². The highest BCUT2D eigenvalue weighted by atomic mass is 32.2. The minimum absolute atomic E-state index is 0.353. The van der Waals surface area contributed by atoms with Crippen molar-refractivity contribution in [1.82, 2.24) is 9.21 Å². The average Bonchev–Trinajstić information content (AvgIpc) is 3.09. The van der Waals surface area contributed by atoms with Crippen LogP contribution in [0.2, 0.25) is 0 Å². The first-order valence-electron chi connectivity index (χ1n) is 8.37. The topological polar surface area (TPSA) is 40.6 Å². The molecule has 1 aliphatic rings. The molecule has 1 fully saturated rings. The number of hydrogen-bond acceptors (Lipinski definition) is 3. The van der Waals surface area contributed by atoms with E-state index in [-0.39, 0.29) is 0 Å². The highest BCUT2D eigenvalue weighted by Gasteiger charge is 2.21. The molecule has 1 aliphatic heterocycles. The first-order valence-corrected chi connectivity index (χ1v) is 9.81. The molecule has 2 aromatic carbocycles. The van der Waals surface area contributed by atoms with Crippen LogP contribution in [0.15, 0.2) is 59.5 Å². The maximum atomic E-state index is 12.7. The minimum atomic E-state index is -3.46. The first kappa shape index (κ1) is 17.1. The van der Waals surface area contributed by atoms with E-state index in [4.69, 9.17) is 0 Å². The van der Waals surface area contributed by atoms with E-state index in [1.807, 2.05) is 42.5 Å². The van der Waals surface area contributed by atoms with Gasteiger partial charge in [0.1, 0.15) is 0 Å². The van der Waals surface area contributed by atoms with Crippen LogP contribution in [0.25, 0.3) is 0 Å². The van der Waals surface area contributed by atoms with E-state index in [0.717, 1.165) is 25.2 Å². The van der Waals surface area contributed by atoms with Gasteiger partial charge in [-0.2, -0.15) is 4.31 Å². The first-order chi connectivity index (χ1) is 11.6. The van der Waals surface area contributed by atoms with Crippen molar-refractivity contribution >= 4 is 10.0 Å². The summed E-state index contributed by atoms with van der Waals surface area (Å²) in [7, 11) is -1.84. The lowest BCUT2D eigenvalue weighted by Crippen LogP contribution is -2.26. The Kier molecular flexibility index (Phi) is 5.33. The SMILES string of the molecule is CN(Cc1ccccc1)S(=O)(=O)c1ccc(CN2CCCC2)cc1. The van der Waals surface area contributed by atoms with Crippen LogP contribution in [0.5, 0.6) is 0 Å². The van der Waals surface area contributed by atoms with E-state index in [2.05, 4.69) is 4.90 Å². The lowest BCUT2D eigenvalue weighted by molar-refractivity contribution is 0.331. The Morgan fingerprint density at radius 1 is 0.917 bits per heavy atom. The third-order valence-electron chi connectivity index (χ3n) is 4.48. The standard InChI is InChI=1S/C19H24N2O2S/c1-20(15-17-7-3-2-4-8-17)24(22,23)19-11-9-18(10-12-19)16-21-13-5-6-14-21/h2-4,7-12H,5-6,13-16H2,1H3. The molecule has 1 saturated heterocycles. The molecule has 4 nitrogen and oxygen atoms in total. The fourth-order valence-electron chi connectivity index (χ4n) is 3.07. The molecule has 0 aromatic heterocycles. The molecular weight excluding hydrogens is 320 g/mol. The number of benzene rings is 2. The summed E-state index contributed by atoms with van der Waals surface area (Å²) < 4.78 is 26.8. The normalized spacial score (nSPS) is 15.9. The number of nitrogens with zero attached hydrogens (tertiary/aromatic N) is 2. The zero-order chi connectivity index (χ0) is 17.0. The van der Waals surface area contributed by atoms with E-state index in [1.165, 1.54) is 22.7 Å². The molecule has 2 aromatic rings. The molecular formula is C19H24N2O2S. The summed E-state index contributed by atoms with van der Waals surface area (Å²) in [6, 6.07) is 17.0. The Morgan fingerprint density at radius 3 is 2.17 bits per heavy atom. The van der Waals surface area contributed by atoms with E-state index in [9.17, 15) is 8.42 Å². The van der Waals surface area contributed by atoms with Crippen LogP contribution in [0.1, 0.15) is 24.0 Å². The fraction of sp³-hybridized carbons (Fsp3) is 0.368. The molecule has 1 heterocycles. The average molecular weight is 344 g/mol. The van der Waals surface area contributed by atoms with E-state index in [1.54, 1.807) is 19.2 Å². The van der Waals surface area contributed by atoms with Crippen LogP contribution in [0.4, 0.5) is 0 Å². The predicted octanol–water partition coefficient (Wildman–Crippen LogP) is 3.10. The van der Waals surface area contributed by atoms with E-state index < -0.39 is 10.0 Å². The molecule has 3 rings (SSSR count). The molecule has 0 spiro atoms. The summed E-state index contributed by atoms with van der Waals surface area (Å²) in [4.78, 5) is 2.76.